The van der Waals surface area contributed by atoms with Gasteiger partial charge < -0.3 is 24.2 Å². The first-order valence-corrected chi connectivity index (χ1v) is 24.3. The monoisotopic (exact) mass is 947 g/mol. The Hall–Kier alpha value is -9.72. The fourth-order valence-electron chi connectivity index (χ4n) is 9.91. The van der Waals surface area contributed by atoms with Gasteiger partial charge in [0.05, 0.1) is 11.0 Å². The van der Waals surface area contributed by atoms with Crippen LogP contribution in [0.15, 0.2) is 285 Å². The molecular formula is C66H47F2N5. The van der Waals surface area contributed by atoms with E-state index in [9.17, 15) is 8.78 Å². The molecule has 350 valence electrons. The molecule has 0 atom stereocenters. The van der Waals surface area contributed by atoms with Crippen LogP contribution >= 0.6 is 0 Å². The van der Waals surface area contributed by atoms with Gasteiger partial charge in [0.15, 0.2) is 0 Å². The second-order valence-corrected chi connectivity index (χ2v) is 17.7. The number of fused-ring (bicyclic) bond motifs is 3. The van der Waals surface area contributed by atoms with Crippen molar-refractivity contribution in [3.63, 3.8) is 0 Å². The Morgan fingerprint density at radius 2 is 0.438 bits per heavy atom. The molecule has 0 radical (unpaired) electrons. The molecule has 0 unspecified atom stereocenters. The zero-order valence-electron chi connectivity index (χ0n) is 39.6. The van der Waals surface area contributed by atoms with Crippen molar-refractivity contribution >= 4 is 90.1 Å². The van der Waals surface area contributed by atoms with E-state index in [1.165, 1.54) is 24.3 Å². The van der Waals surface area contributed by atoms with Crippen molar-refractivity contribution in [1.29, 1.82) is 0 Å². The molecule has 0 fully saturated rings. The van der Waals surface area contributed by atoms with Gasteiger partial charge in [0.25, 0.3) is 0 Å². The Kier molecular flexibility index (Phi) is 11.9. The van der Waals surface area contributed by atoms with E-state index in [1.807, 2.05) is 103 Å². The Balaban J connectivity index is 1.00. The van der Waals surface area contributed by atoms with Gasteiger partial charge in [-0.3, -0.25) is 0 Å². The van der Waals surface area contributed by atoms with E-state index >= 15 is 0 Å². The lowest BCUT2D eigenvalue weighted by Gasteiger charge is -2.28. The molecule has 0 amide bonds. The molecule has 12 aromatic rings. The standard InChI is InChI=1S/C66H47F2N5/c67-48-26-30-55(31-27-48)71(59-38-34-57(35-39-59)69(50-16-6-1-7-17-50)51-18-8-2-9-19-51)61-42-44-65-63(46-61)64-47-62(43-45-66(64)73(65)54-24-14-5-15-25-54)72(56-32-28-49(68)29-33-56)60-40-36-58(37-41-60)70(52-20-10-3-11-21-52)53-22-12-4-13-23-53/h1-47H. The molecule has 7 heteroatoms. The van der Waals surface area contributed by atoms with E-state index in [2.05, 4.69) is 182 Å². The first kappa shape index (κ1) is 44.5. The summed E-state index contributed by atoms with van der Waals surface area (Å²) in [6.45, 7) is 0. The van der Waals surface area contributed by atoms with Crippen LogP contribution in [0.5, 0.6) is 0 Å². The Bertz CT molecular complexity index is 3470. The maximum absolute atomic E-state index is 14.7. The normalized spacial score (nSPS) is 11.2. The summed E-state index contributed by atoms with van der Waals surface area (Å²) in [5.74, 6) is -0.612. The van der Waals surface area contributed by atoms with E-state index in [4.69, 9.17) is 0 Å². The van der Waals surface area contributed by atoms with E-state index in [-0.39, 0.29) is 11.6 Å². The van der Waals surface area contributed by atoms with Gasteiger partial charge in [-0.1, -0.05) is 91.0 Å². The van der Waals surface area contributed by atoms with Gasteiger partial charge in [0.2, 0.25) is 0 Å². The number of para-hydroxylation sites is 5. The highest BCUT2D eigenvalue weighted by Gasteiger charge is 2.22. The molecule has 1 heterocycles. The predicted octanol–water partition coefficient (Wildman–Crippen LogP) is 18.9. The number of aromatic nitrogens is 1. The number of hydrogen-bond donors (Lipinski definition) is 0. The van der Waals surface area contributed by atoms with Crippen molar-refractivity contribution in [3.8, 4) is 5.69 Å². The number of hydrogen-bond acceptors (Lipinski definition) is 4. The van der Waals surface area contributed by atoms with E-state index < -0.39 is 0 Å². The molecular weight excluding hydrogens is 901 g/mol. The lowest BCUT2D eigenvalue weighted by atomic mass is 10.1. The minimum Gasteiger partial charge on any atom is -0.311 e. The Morgan fingerprint density at radius 1 is 0.219 bits per heavy atom. The first-order chi connectivity index (χ1) is 36.0. The highest BCUT2D eigenvalue weighted by molar-refractivity contribution is 6.12. The molecule has 0 spiro atoms. The van der Waals surface area contributed by atoms with Crippen molar-refractivity contribution in [2.24, 2.45) is 0 Å². The molecule has 73 heavy (non-hydrogen) atoms. The van der Waals surface area contributed by atoms with E-state index in [0.29, 0.717) is 0 Å². The van der Waals surface area contributed by atoms with Crippen LogP contribution in [0.2, 0.25) is 0 Å². The fraction of sp³-hybridized carbons (Fsp3) is 0. The number of anilines is 12. The average Bonchev–Trinajstić information content (AvgIpc) is 3.77. The molecule has 0 bridgehead atoms. The first-order valence-electron chi connectivity index (χ1n) is 24.3. The van der Waals surface area contributed by atoms with Crippen LogP contribution in [0.3, 0.4) is 0 Å². The molecule has 0 aliphatic heterocycles. The van der Waals surface area contributed by atoms with Crippen molar-refractivity contribution in [1.82, 2.24) is 4.57 Å². The van der Waals surface area contributed by atoms with Crippen molar-refractivity contribution in [2.75, 3.05) is 19.6 Å². The molecule has 0 N–H and O–H groups in total. The summed E-state index contributed by atoms with van der Waals surface area (Å²) < 4.78 is 31.7. The van der Waals surface area contributed by atoms with Crippen LogP contribution in [0.1, 0.15) is 0 Å². The molecule has 0 aliphatic rings. The summed E-state index contributed by atoms with van der Waals surface area (Å²) in [5.41, 5.74) is 14.5. The van der Waals surface area contributed by atoms with Crippen molar-refractivity contribution in [3.05, 3.63) is 297 Å². The molecule has 5 nitrogen and oxygen atoms in total. The van der Waals surface area contributed by atoms with Crippen molar-refractivity contribution < 1.29 is 8.78 Å². The molecule has 0 saturated carbocycles. The predicted molar refractivity (Wildman–Crippen MR) is 299 cm³/mol. The molecule has 0 saturated heterocycles. The zero-order valence-corrected chi connectivity index (χ0v) is 39.6. The summed E-state index contributed by atoms with van der Waals surface area (Å²) in [6, 6.07) is 95.2. The smallest absolute Gasteiger partial charge is 0.123 e. The van der Waals surface area contributed by atoms with Crippen LogP contribution in [0.25, 0.3) is 27.5 Å². The lowest BCUT2D eigenvalue weighted by Crippen LogP contribution is -2.12. The van der Waals surface area contributed by atoms with Crippen molar-refractivity contribution in [2.45, 2.75) is 0 Å². The summed E-state index contributed by atoms with van der Waals surface area (Å²) in [4.78, 5) is 8.83. The summed E-state index contributed by atoms with van der Waals surface area (Å²) >= 11 is 0. The molecule has 1 aromatic heterocycles. The maximum Gasteiger partial charge on any atom is 0.123 e. The van der Waals surface area contributed by atoms with Gasteiger partial charge in [0, 0.05) is 84.7 Å². The lowest BCUT2D eigenvalue weighted by molar-refractivity contribution is 0.627. The number of nitrogens with zero attached hydrogens (tertiary/aromatic N) is 5. The van der Waals surface area contributed by atoms with E-state index in [0.717, 1.165) is 95.7 Å². The van der Waals surface area contributed by atoms with Crippen LogP contribution < -0.4 is 19.6 Å². The Labute approximate surface area is 423 Å². The third-order valence-corrected chi connectivity index (χ3v) is 13.2. The number of rotatable bonds is 13. The van der Waals surface area contributed by atoms with Crippen LogP contribution in [0, 0.1) is 11.6 Å². The van der Waals surface area contributed by atoms with Gasteiger partial charge in [-0.15, -0.1) is 0 Å². The quantitative estimate of drug-likeness (QED) is 0.115. The van der Waals surface area contributed by atoms with Crippen LogP contribution in [-0.4, -0.2) is 4.57 Å². The molecule has 12 rings (SSSR count). The molecule has 11 aromatic carbocycles. The van der Waals surface area contributed by atoms with Gasteiger partial charge in [-0.05, 0) is 194 Å². The summed E-state index contributed by atoms with van der Waals surface area (Å²) in [6.07, 6.45) is 0. The highest BCUT2D eigenvalue weighted by atomic mass is 19.1. The number of halogens is 2. The summed E-state index contributed by atoms with van der Waals surface area (Å²) in [5, 5.41) is 2.05. The fourth-order valence-corrected chi connectivity index (χ4v) is 9.91. The maximum atomic E-state index is 14.7. The molecule has 0 aliphatic carbocycles. The third-order valence-electron chi connectivity index (χ3n) is 13.2. The minimum atomic E-state index is -0.306. The largest absolute Gasteiger partial charge is 0.311 e. The average molecular weight is 948 g/mol. The second kappa shape index (κ2) is 19.6. The Morgan fingerprint density at radius 3 is 0.726 bits per heavy atom. The van der Waals surface area contributed by atoms with Crippen LogP contribution in [-0.2, 0) is 0 Å². The summed E-state index contributed by atoms with van der Waals surface area (Å²) in [7, 11) is 0. The minimum absolute atomic E-state index is 0.306. The zero-order chi connectivity index (χ0) is 49.1. The van der Waals surface area contributed by atoms with Crippen LogP contribution in [0.4, 0.5) is 77.0 Å². The highest BCUT2D eigenvalue weighted by Crippen LogP contribution is 2.45. The number of benzene rings is 11. The second-order valence-electron chi connectivity index (χ2n) is 17.7. The van der Waals surface area contributed by atoms with Gasteiger partial charge in [0.1, 0.15) is 11.6 Å². The van der Waals surface area contributed by atoms with E-state index in [1.54, 1.807) is 0 Å². The van der Waals surface area contributed by atoms with Gasteiger partial charge in [-0.25, -0.2) is 8.78 Å². The third kappa shape index (κ3) is 8.81. The van der Waals surface area contributed by atoms with Gasteiger partial charge >= 0.3 is 0 Å². The SMILES string of the molecule is Fc1ccc(N(c2ccc(N(c3ccccc3)c3ccccc3)cc2)c2ccc3c(c2)c2cc(N(c4ccc(F)cc4)c4ccc(N(c5ccccc5)c5ccccc5)cc4)ccc2n3-c2ccccc2)cc1. The topological polar surface area (TPSA) is 17.9 Å². The van der Waals surface area contributed by atoms with Gasteiger partial charge in [-0.2, -0.15) is 0 Å².